The zero-order chi connectivity index (χ0) is 17.2. The first-order chi connectivity index (χ1) is 12.2. The van der Waals surface area contributed by atoms with E-state index in [1.807, 2.05) is 54.9 Å². The van der Waals surface area contributed by atoms with Crippen LogP contribution in [0.15, 0.2) is 54.9 Å². The highest BCUT2D eigenvalue weighted by molar-refractivity contribution is 6.30. The lowest BCUT2D eigenvalue weighted by Gasteiger charge is -2.06. The smallest absolute Gasteiger partial charge is 0.228 e. The quantitative estimate of drug-likeness (QED) is 0.772. The molecule has 0 atom stereocenters. The molecule has 1 aromatic heterocycles. The van der Waals surface area contributed by atoms with E-state index in [2.05, 4.69) is 15.3 Å². The molecule has 4 rings (SSSR count). The molecular weight excluding hydrogens is 334 g/mol. The monoisotopic (exact) mass is 349 g/mol. The number of rotatable bonds is 4. The van der Waals surface area contributed by atoms with Crippen LogP contribution in [0.2, 0.25) is 5.02 Å². The zero-order valence-corrected chi connectivity index (χ0v) is 14.3. The van der Waals surface area contributed by atoms with E-state index in [1.54, 1.807) is 0 Å². The maximum absolute atomic E-state index is 11.5. The number of nitrogens with zero attached hydrogens (tertiary/aromatic N) is 2. The summed E-state index contributed by atoms with van der Waals surface area (Å²) in [5.41, 5.74) is 5.12. The Morgan fingerprint density at radius 3 is 2.48 bits per heavy atom. The van der Waals surface area contributed by atoms with Crippen LogP contribution < -0.4 is 5.32 Å². The molecule has 1 amide bonds. The summed E-state index contributed by atoms with van der Waals surface area (Å²) in [6, 6.07) is 13.8. The fourth-order valence-electron chi connectivity index (χ4n) is 2.95. The summed E-state index contributed by atoms with van der Waals surface area (Å²) in [6.45, 7) is 0. The SMILES string of the molecule is O=C1Cc2cc(-c3cnc(CCc4ccc(Cl)cc4)nc3)ccc2N1. The van der Waals surface area contributed by atoms with Crippen LogP contribution in [0.1, 0.15) is 17.0 Å². The number of halogens is 1. The first-order valence-electron chi connectivity index (χ1n) is 8.16. The van der Waals surface area contributed by atoms with Gasteiger partial charge in [-0.15, -0.1) is 0 Å². The molecular formula is C20H16ClN3O. The lowest BCUT2D eigenvalue weighted by Crippen LogP contribution is -2.03. The van der Waals surface area contributed by atoms with Gasteiger partial charge in [-0.05, 0) is 47.4 Å². The van der Waals surface area contributed by atoms with Gasteiger partial charge in [0.1, 0.15) is 5.82 Å². The van der Waals surface area contributed by atoms with Gasteiger partial charge in [0.25, 0.3) is 0 Å². The van der Waals surface area contributed by atoms with Gasteiger partial charge in [-0.25, -0.2) is 9.97 Å². The largest absolute Gasteiger partial charge is 0.326 e. The number of hydrogen-bond acceptors (Lipinski definition) is 3. The van der Waals surface area contributed by atoms with Crippen LogP contribution in [-0.2, 0) is 24.1 Å². The van der Waals surface area contributed by atoms with Crippen LogP contribution in [0.25, 0.3) is 11.1 Å². The number of benzene rings is 2. The summed E-state index contributed by atoms with van der Waals surface area (Å²) in [5, 5.41) is 3.59. The second-order valence-corrected chi connectivity index (χ2v) is 6.55. The van der Waals surface area contributed by atoms with E-state index in [9.17, 15) is 4.79 Å². The van der Waals surface area contributed by atoms with Gasteiger partial charge in [-0.3, -0.25) is 4.79 Å². The van der Waals surface area contributed by atoms with Crippen molar-refractivity contribution < 1.29 is 4.79 Å². The van der Waals surface area contributed by atoms with Crippen molar-refractivity contribution in [2.24, 2.45) is 0 Å². The molecule has 0 radical (unpaired) electrons. The van der Waals surface area contributed by atoms with Gasteiger partial charge in [0.15, 0.2) is 0 Å². The van der Waals surface area contributed by atoms with Gasteiger partial charge in [-0.1, -0.05) is 29.8 Å². The first-order valence-corrected chi connectivity index (χ1v) is 8.54. The van der Waals surface area contributed by atoms with Crippen LogP contribution in [0.4, 0.5) is 5.69 Å². The van der Waals surface area contributed by atoms with Crippen molar-refractivity contribution in [2.45, 2.75) is 19.3 Å². The fraction of sp³-hybridized carbons (Fsp3) is 0.150. The molecule has 1 N–H and O–H groups in total. The minimum Gasteiger partial charge on any atom is -0.326 e. The molecule has 0 bridgehead atoms. The number of aryl methyl sites for hydroxylation is 2. The first kappa shape index (κ1) is 15.8. The van der Waals surface area contributed by atoms with Crippen LogP contribution >= 0.6 is 11.6 Å². The van der Waals surface area contributed by atoms with Crippen molar-refractivity contribution in [3.05, 3.63) is 76.8 Å². The second-order valence-electron chi connectivity index (χ2n) is 6.11. The number of anilines is 1. The average Bonchev–Trinajstić information content (AvgIpc) is 3.01. The van der Waals surface area contributed by atoms with Gasteiger partial charge < -0.3 is 5.32 Å². The third-order valence-corrected chi connectivity index (χ3v) is 4.57. The van der Waals surface area contributed by atoms with Crippen molar-refractivity contribution in [1.29, 1.82) is 0 Å². The highest BCUT2D eigenvalue weighted by atomic mass is 35.5. The van der Waals surface area contributed by atoms with Crippen molar-refractivity contribution >= 4 is 23.2 Å². The summed E-state index contributed by atoms with van der Waals surface area (Å²) < 4.78 is 0. The Labute approximate surface area is 150 Å². The number of amides is 1. The van der Waals surface area contributed by atoms with Crippen molar-refractivity contribution in [2.75, 3.05) is 5.32 Å². The van der Waals surface area contributed by atoms with Crippen LogP contribution in [0.3, 0.4) is 0 Å². The predicted molar refractivity (Wildman–Crippen MR) is 98.7 cm³/mol. The van der Waals surface area contributed by atoms with Crippen LogP contribution in [0, 0.1) is 0 Å². The normalized spacial score (nSPS) is 12.8. The number of carbonyl (C=O) groups excluding carboxylic acids is 1. The molecule has 4 nitrogen and oxygen atoms in total. The molecule has 5 heteroatoms. The Kier molecular flexibility index (Phi) is 4.20. The minimum absolute atomic E-state index is 0.0425. The average molecular weight is 350 g/mol. The van der Waals surface area contributed by atoms with Crippen molar-refractivity contribution in [3.63, 3.8) is 0 Å². The molecule has 25 heavy (non-hydrogen) atoms. The topological polar surface area (TPSA) is 54.9 Å². The second kappa shape index (κ2) is 6.65. The molecule has 1 aliphatic heterocycles. The van der Waals surface area contributed by atoms with Gasteiger partial charge in [0.2, 0.25) is 5.91 Å². The number of hydrogen-bond donors (Lipinski definition) is 1. The molecule has 0 aliphatic carbocycles. The molecule has 124 valence electrons. The Balaban J connectivity index is 1.46. The number of carbonyl (C=O) groups is 1. The van der Waals surface area contributed by atoms with Crippen LogP contribution in [0.5, 0.6) is 0 Å². The maximum atomic E-state index is 11.5. The highest BCUT2D eigenvalue weighted by Crippen LogP contribution is 2.28. The van der Waals surface area contributed by atoms with E-state index in [0.29, 0.717) is 6.42 Å². The summed E-state index contributed by atoms with van der Waals surface area (Å²) in [7, 11) is 0. The molecule has 0 spiro atoms. The standard InChI is InChI=1S/C20H16ClN3O/c21-17-5-1-13(2-6-17)3-8-19-22-11-16(12-23-19)14-4-7-18-15(9-14)10-20(25)24-18/h1-2,4-7,9,11-12H,3,8,10H2,(H,24,25). The summed E-state index contributed by atoms with van der Waals surface area (Å²) in [5.74, 6) is 0.859. The molecule has 0 fully saturated rings. The zero-order valence-electron chi connectivity index (χ0n) is 13.5. The number of fused-ring (bicyclic) bond motifs is 1. The van der Waals surface area contributed by atoms with E-state index < -0.39 is 0 Å². The summed E-state index contributed by atoms with van der Waals surface area (Å²) in [4.78, 5) is 20.4. The Hall–Kier alpha value is -2.72. The highest BCUT2D eigenvalue weighted by Gasteiger charge is 2.17. The Bertz CT molecular complexity index is 921. The molecule has 1 aliphatic rings. The van der Waals surface area contributed by atoms with Crippen molar-refractivity contribution in [3.8, 4) is 11.1 Å². The fourth-order valence-corrected chi connectivity index (χ4v) is 3.08. The summed E-state index contributed by atoms with van der Waals surface area (Å²) >= 11 is 5.90. The minimum atomic E-state index is 0.0425. The lowest BCUT2D eigenvalue weighted by molar-refractivity contribution is -0.115. The molecule has 3 aromatic rings. The Morgan fingerprint density at radius 2 is 1.72 bits per heavy atom. The third-order valence-electron chi connectivity index (χ3n) is 4.32. The molecule has 2 heterocycles. The van der Waals surface area contributed by atoms with E-state index in [-0.39, 0.29) is 5.91 Å². The third kappa shape index (κ3) is 3.54. The molecule has 0 saturated heterocycles. The molecule has 2 aromatic carbocycles. The summed E-state index contributed by atoms with van der Waals surface area (Å²) in [6.07, 6.45) is 5.78. The number of aromatic nitrogens is 2. The molecule has 0 unspecified atom stereocenters. The van der Waals surface area contributed by atoms with E-state index in [4.69, 9.17) is 11.6 Å². The van der Waals surface area contributed by atoms with E-state index in [1.165, 1.54) is 5.56 Å². The number of nitrogens with one attached hydrogen (secondary N) is 1. The van der Waals surface area contributed by atoms with Crippen LogP contribution in [-0.4, -0.2) is 15.9 Å². The van der Waals surface area contributed by atoms with E-state index in [0.717, 1.165) is 46.1 Å². The van der Waals surface area contributed by atoms with E-state index >= 15 is 0 Å². The van der Waals surface area contributed by atoms with Gasteiger partial charge >= 0.3 is 0 Å². The predicted octanol–water partition coefficient (Wildman–Crippen LogP) is 4.08. The van der Waals surface area contributed by atoms with Gasteiger partial charge in [-0.2, -0.15) is 0 Å². The maximum Gasteiger partial charge on any atom is 0.228 e. The van der Waals surface area contributed by atoms with Gasteiger partial charge in [0, 0.05) is 35.1 Å². The Morgan fingerprint density at radius 1 is 0.960 bits per heavy atom. The molecule has 0 saturated carbocycles. The van der Waals surface area contributed by atoms with Crippen molar-refractivity contribution in [1.82, 2.24) is 9.97 Å². The van der Waals surface area contributed by atoms with Gasteiger partial charge in [0.05, 0.1) is 6.42 Å². The lowest BCUT2D eigenvalue weighted by atomic mass is 10.0.